The van der Waals surface area contributed by atoms with Crippen molar-refractivity contribution in [2.45, 2.75) is 39.7 Å². The van der Waals surface area contributed by atoms with Crippen LogP contribution in [0.2, 0.25) is 0 Å². The average Bonchev–Trinajstić information content (AvgIpc) is 2.65. The van der Waals surface area contributed by atoms with Gasteiger partial charge in [0.2, 0.25) is 0 Å². The minimum atomic E-state index is -0.922. The molecule has 0 aliphatic rings. The van der Waals surface area contributed by atoms with Gasteiger partial charge in [0.1, 0.15) is 5.69 Å². The van der Waals surface area contributed by atoms with Gasteiger partial charge in [-0.25, -0.2) is 4.98 Å². The molecule has 3 N–H and O–H groups in total. The molecule has 0 radical (unpaired) electrons. The van der Waals surface area contributed by atoms with Crippen LogP contribution in [0.1, 0.15) is 44.1 Å². The summed E-state index contributed by atoms with van der Waals surface area (Å²) in [6, 6.07) is -0.390. The second-order valence-corrected chi connectivity index (χ2v) is 5.50. The fourth-order valence-electron chi connectivity index (χ4n) is 1.77. The lowest BCUT2D eigenvalue weighted by atomic mass is 9.87. The zero-order valence-corrected chi connectivity index (χ0v) is 10.9. The van der Waals surface area contributed by atoms with Gasteiger partial charge in [-0.15, -0.1) is 0 Å². The van der Waals surface area contributed by atoms with E-state index in [0.29, 0.717) is 12.1 Å². The average molecular weight is 253 g/mol. The predicted octanol–water partition coefficient (Wildman–Crippen LogP) is 1.42. The molecule has 0 aliphatic heterocycles. The van der Waals surface area contributed by atoms with E-state index in [1.165, 1.54) is 12.5 Å². The molecule has 6 heteroatoms. The van der Waals surface area contributed by atoms with Crippen LogP contribution < -0.4 is 5.32 Å². The fraction of sp³-hybridized carbons (Fsp3) is 0.583. The van der Waals surface area contributed by atoms with Crippen LogP contribution in [0, 0.1) is 5.41 Å². The number of aromatic nitrogens is 2. The minimum Gasteiger partial charge on any atom is -0.481 e. The Hall–Kier alpha value is -1.85. The van der Waals surface area contributed by atoms with Gasteiger partial charge in [-0.05, 0) is 11.8 Å². The highest BCUT2D eigenvalue weighted by molar-refractivity contribution is 5.92. The third-order valence-corrected chi connectivity index (χ3v) is 2.36. The molecule has 1 heterocycles. The van der Waals surface area contributed by atoms with Gasteiger partial charge in [-0.3, -0.25) is 9.59 Å². The van der Waals surface area contributed by atoms with E-state index in [-0.39, 0.29) is 17.7 Å². The van der Waals surface area contributed by atoms with Gasteiger partial charge in [-0.1, -0.05) is 20.8 Å². The van der Waals surface area contributed by atoms with Crippen molar-refractivity contribution in [2.24, 2.45) is 5.41 Å². The summed E-state index contributed by atoms with van der Waals surface area (Å²) in [5.41, 5.74) is 0.278. The van der Waals surface area contributed by atoms with Crippen LogP contribution in [-0.4, -0.2) is 33.0 Å². The maximum Gasteiger partial charge on any atom is 0.305 e. The molecule has 0 aliphatic carbocycles. The van der Waals surface area contributed by atoms with E-state index in [9.17, 15) is 9.59 Å². The number of carbonyl (C=O) groups is 2. The SMILES string of the molecule is CC(C)(C)CC(CC(=O)O)NC(=O)c1cnc[nH]1. The summed E-state index contributed by atoms with van der Waals surface area (Å²) < 4.78 is 0. The molecule has 1 amide bonds. The number of hydrogen-bond acceptors (Lipinski definition) is 3. The van der Waals surface area contributed by atoms with E-state index in [1.807, 2.05) is 20.8 Å². The van der Waals surface area contributed by atoms with Gasteiger partial charge in [-0.2, -0.15) is 0 Å². The lowest BCUT2D eigenvalue weighted by Gasteiger charge is -2.25. The second kappa shape index (κ2) is 5.66. The molecule has 0 aromatic carbocycles. The molecule has 1 rings (SSSR count). The summed E-state index contributed by atoms with van der Waals surface area (Å²) in [5, 5.41) is 11.6. The summed E-state index contributed by atoms with van der Waals surface area (Å²) in [4.78, 5) is 29.0. The van der Waals surface area contributed by atoms with E-state index in [0.717, 1.165) is 0 Å². The van der Waals surface area contributed by atoms with Crippen molar-refractivity contribution in [3.63, 3.8) is 0 Å². The molecular formula is C12H19N3O3. The van der Waals surface area contributed by atoms with Crippen LogP contribution in [0.3, 0.4) is 0 Å². The highest BCUT2D eigenvalue weighted by Crippen LogP contribution is 2.22. The molecule has 18 heavy (non-hydrogen) atoms. The number of carbonyl (C=O) groups excluding carboxylic acids is 1. The number of nitrogens with zero attached hydrogens (tertiary/aromatic N) is 1. The molecule has 1 aromatic heterocycles. The summed E-state index contributed by atoms with van der Waals surface area (Å²) in [5.74, 6) is -1.25. The first kappa shape index (κ1) is 14.2. The van der Waals surface area contributed by atoms with Crippen LogP contribution in [-0.2, 0) is 4.79 Å². The first-order chi connectivity index (χ1) is 8.28. The van der Waals surface area contributed by atoms with E-state index < -0.39 is 12.0 Å². The number of carboxylic acid groups (broad SMARTS) is 1. The van der Waals surface area contributed by atoms with E-state index in [2.05, 4.69) is 15.3 Å². The third kappa shape index (κ3) is 4.99. The standard InChI is InChI=1S/C12H19N3O3/c1-12(2,3)5-8(4-10(16)17)15-11(18)9-6-13-7-14-9/h6-8H,4-5H2,1-3H3,(H,13,14)(H,15,18)(H,16,17). The summed E-state index contributed by atoms with van der Waals surface area (Å²) >= 11 is 0. The van der Waals surface area contributed by atoms with Crippen LogP contribution in [0.25, 0.3) is 0 Å². The van der Waals surface area contributed by atoms with Crippen LogP contribution in [0.15, 0.2) is 12.5 Å². The first-order valence-corrected chi connectivity index (χ1v) is 5.79. The van der Waals surface area contributed by atoms with Crippen molar-refractivity contribution in [3.8, 4) is 0 Å². The van der Waals surface area contributed by atoms with Gasteiger partial charge >= 0.3 is 5.97 Å². The Labute approximate surface area is 106 Å². The second-order valence-electron chi connectivity index (χ2n) is 5.50. The molecular weight excluding hydrogens is 234 g/mol. The summed E-state index contributed by atoms with van der Waals surface area (Å²) in [7, 11) is 0. The molecule has 1 unspecified atom stereocenters. The summed E-state index contributed by atoms with van der Waals surface area (Å²) in [6.07, 6.45) is 3.32. The number of carboxylic acids is 1. The molecule has 1 aromatic rings. The van der Waals surface area contributed by atoms with Gasteiger partial charge in [0.05, 0.1) is 18.9 Å². The monoisotopic (exact) mass is 253 g/mol. The molecule has 6 nitrogen and oxygen atoms in total. The topological polar surface area (TPSA) is 95.1 Å². The van der Waals surface area contributed by atoms with Crippen molar-refractivity contribution in [3.05, 3.63) is 18.2 Å². The lowest BCUT2D eigenvalue weighted by molar-refractivity contribution is -0.137. The Balaban J connectivity index is 2.66. The van der Waals surface area contributed by atoms with Crippen molar-refractivity contribution in [1.82, 2.24) is 15.3 Å². The van der Waals surface area contributed by atoms with Crippen molar-refractivity contribution in [1.29, 1.82) is 0 Å². The van der Waals surface area contributed by atoms with Gasteiger partial charge in [0.15, 0.2) is 0 Å². The molecule has 0 saturated carbocycles. The van der Waals surface area contributed by atoms with E-state index >= 15 is 0 Å². The zero-order chi connectivity index (χ0) is 13.8. The highest BCUT2D eigenvalue weighted by atomic mass is 16.4. The van der Waals surface area contributed by atoms with Crippen molar-refractivity contribution >= 4 is 11.9 Å². The van der Waals surface area contributed by atoms with Crippen molar-refractivity contribution in [2.75, 3.05) is 0 Å². The Morgan fingerprint density at radius 1 is 1.50 bits per heavy atom. The molecule has 0 fully saturated rings. The number of H-pyrrole nitrogens is 1. The maximum absolute atomic E-state index is 11.8. The smallest absolute Gasteiger partial charge is 0.305 e. The lowest BCUT2D eigenvalue weighted by Crippen LogP contribution is -2.39. The van der Waals surface area contributed by atoms with Crippen LogP contribution in [0.5, 0.6) is 0 Å². The normalized spacial score (nSPS) is 13.1. The Kier molecular flexibility index (Phi) is 4.47. The van der Waals surface area contributed by atoms with E-state index in [4.69, 9.17) is 5.11 Å². The number of rotatable bonds is 5. The maximum atomic E-state index is 11.8. The summed E-state index contributed by atoms with van der Waals surface area (Å²) in [6.45, 7) is 6.01. The Morgan fingerprint density at radius 3 is 2.61 bits per heavy atom. The fourth-order valence-corrected chi connectivity index (χ4v) is 1.77. The number of hydrogen-bond donors (Lipinski definition) is 3. The molecule has 0 spiro atoms. The van der Waals surface area contributed by atoms with Gasteiger partial charge < -0.3 is 15.4 Å². The Morgan fingerprint density at radius 2 is 2.17 bits per heavy atom. The number of amides is 1. The van der Waals surface area contributed by atoms with Crippen molar-refractivity contribution < 1.29 is 14.7 Å². The van der Waals surface area contributed by atoms with Gasteiger partial charge in [0.25, 0.3) is 5.91 Å². The number of nitrogens with one attached hydrogen (secondary N) is 2. The minimum absolute atomic E-state index is 0.0542. The predicted molar refractivity (Wildman–Crippen MR) is 66.2 cm³/mol. The Bertz CT molecular complexity index is 407. The van der Waals surface area contributed by atoms with Gasteiger partial charge in [0, 0.05) is 6.04 Å². The largest absolute Gasteiger partial charge is 0.481 e. The number of aliphatic carboxylic acids is 1. The third-order valence-electron chi connectivity index (χ3n) is 2.36. The first-order valence-electron chi connectivity index (χ1n) is 5.79. The molecule has 1 atom stereocenters. The van der Waals surface area contributed by atoms with Crippen LogP contribution in [0.4, 0.5) is 0 Å². The zero-order valence-electron chi connectivity index (χ0n) is 10.9. The molecule has 0 saturated heterocycles. The molecule has 100 valence electrons. The number of aromatic amines is 1. The number of imidazole rings is 1. The quantitative estimate of drug-likeness (QED) is 0.739. The van der Waals surface area contributed by atoms with E-state index in [1.54, 1.807) is 0 Å². The molecule has 0 bridgehead atoms. The van der Waals surface area contributed by atoms with Crippen LogP contribution >= 0.6 is 0 Å². The highest BCUT2D eigenvalue weighted by Gasteiger charge is 2.23.